The third-order valence-electron chi connectivity index (χ3n) is 2.35. The van der Waals surface area contributed by atoms with E-state index in [9.17, 15) is 0 Å². The van der Waals surface area contributed by atoms with Gasteiger partial charge in [-0.25, -0.2) is 4.99 Å². The summed E-state index contributed by atoms with van der Waals surface area (Å²) < 4.78 is 5.02. The van der Waals surface area contributed by atoms with Gasteiger partial charge in [0.1, 0.15) is 0 Å². The number of aliphatic imine (C=N–C) groups is 1. The quantitative estimate of drug-likeness (QED) is 0.322. The number of hydrogen-bond donors (Lipinski definition) is 2. The van der Waals surface area contributed by atoms with E-state index in [1.807, 2.05) is 0 Å². The Hall–Kier alpha value is -0.340. The molecule has 0 saturated carbocycles. The van der Waals surface area contributed by atoms with E-state index in [1.165, 1.54) is 9.75 Å². The van der Waals surface area contributed by atoms with Crippen molar-refractivity contribution in [2.45, 2.75) is 26.8 Å². The fourth-order valence-corrected chi connectivity index (χ4v) is 2.31. The van der Waals surface area contributed by atoms with Crippen molar-refractivity contribution in [3.63, 3.8) is 0 Å². The summed E-state index contributed by atoms with van der Waals surface area (Å²) in [5, 5.41) is 6.54. The Labute approximate surface area is 137 Å². The van der Waals surface area contributed by atoms with Crippen molar-refractivity contribution in [2.24, 2.45) is 4.99 Å². The van der Waals surface area contributed by atoms with Crippen LogP contribution in [-0.2, 0) is 11.3 Å². The molecule has 0 aliphatic heterocycles. The molecule has 0 spiro atoms. The first-order valence-corrected chi connectivity index (χ1v) is 7.14. The molecule has 0 aliphatic rings. The van der Waals surface area contributed by atoms with Crippen LogP contribution in [0.2, 0.25) is 0 Å². The molecule has 2 N–H and O–H groups in total. The molecule has 0 aliphatic carbocycles. The lowest BCUT2D eigenvalue weighted by Crippen LogP contribution is -2.38. The SMILES string of the molecule is CCNC(=NCc1ccc(C)s1)NCCCOC.I. The minimum Gasteiger partial charge on any atom is -0.385 e. The van der Waals surface area contributed by atoms with Gasteiger partial charge in [0.05, 0.1) is 6.54 Å². The van der Waals surface area contributed by atoms with E-state index in [0.717, 1.165) is 38.6 Å². The second kappa shape index (κ2) is 11.5. The third-order valence-corrected chi connectivity index (χ3v) is 3.34. The molecule has 1 heterocycles. The minimum atomic E-state index is 0. The van der Waals surface area contributed by atoms with Gasteiger partial charge in [0.15, 0.2) is 5.96 Å². The Bertz CT molecular complexity index is 369. The van der Waals surface area contributed by atoms with Gasteiger partial charge >= 0.3 is 0 Å². The largest absolute Gasteiger partial charge is 0.385 e. The van der Waals surface area contributed by atoms with Crippen LogP contribution in [0, 0.1) is 6.92 Å². The van der Waals surface area contributed by atoms with E-state index in [4.69, 9.17) is 4.74 Å². The number of methoxy groups -OCH3 is 1. The van der Waals surface area contributed by atoms with Crippen molar-refractivity contribution in [2.75, 3.05) is 26.8 Å². The van der Waals surface area contributed by atoms with Crippen LogP contribution in [0.3, 0.4) is 0 Å². The van der Waals surface area contributed by atoms with Crippen LogP contribution in [-0.4, -0.2) is 32.8 Å². The minimum absolute atomic E-state index is 0. The highest BCUT2D eigenvalue weighted by molar-refractivity contribution is 14.0. The van der Waals surface area contributed by atoms with Gasteiger partial charge in [-0.1, -0.05) is 0 Å². The first kappa shape index (κ1) is 18.7. The third kappa shape index (κ3) is 8.43. The molecular formula is C13H24IN3OS. The molecule has 1 aromatic heterocycles. The summed E-state index contributed by atoms with van der Waals surface area (Å²) in [6.45, 7) is 7.45. The van der Waals surface area contributed by atoms with Gasteiger partial charge in [-0.2, -0.15) is 0 Å². The highest BCUT2D eigenvalue weighted by Gasteiger charge is 1.98. The molecule has 4 nitrogen and oxygen atoms in total. The van der Waals surface area contributed by atoms with Crippen molar-refractivity contribution in [3.05, 3.63) is 21.9 Å². The maximum atomic E-state index is 5.02. The predicted molar refractivity (Wildman–Crippen MR) is 93.8 cm³/mol. The van der Waals surface area contributed by atoms with Crippen molar-refractivity contribution in [3.8, 4) is 0 Å². The van der Waals surface area contributed by atoms with E-state index in [1.54, 1.807) is 18.4 Å². The van der Waals surface area contributed by atoms with Crippen LogP contribution in [0.15, 0.2) is 17.1 Å². The number of nitrogens with one attached hydrogen (secondary N) is 2. The van der Waals surface area contributed by atoms with Gasteiger partial charge in [0.25, 0.3) is 0 Å². The molecule has 0 unspecified atom stereocenters. The second-order valence-electron chi connectivity index (χ2n) is 3.98. The van der Waals surface area contributed by atoms with Crippen molar-refractivity contribution >= 4 is 41.3 Å². The molecule has 0 amide bonds. The molecule has 1 rings (SSSR count). The average molecular weight is 397 g/mol. The zero-order valence-electron chi connectivity index (χ0n) is 11.9. The monoisotopic (exact) mass is 397 g/mol. The van der Waals surface area contributed by atoms with Crippen LogP contribution in [0.25, 0.3) is 0 Å². The number of aryl methyl sites for hydroxylation is 1. The Kier molecular flexibility index (Phi) is 11.3. The summed E-state index contributed by atoms with van der Waals surface area (Å²) in [5.41, 5.74) is 0. The van der Waals surface area contributed by atoms with Gasteiger partial charge in [-0.3, -0.25) is 0 Å². The van der Waals surface area contributed by atoms with E-state index >= 15 is 0 Å². The summed E-state index contributed by atoms with van der Waals surface area (Å²) in [4.78, 5) is 7.18. The van der Waals surface area contributed by atoms with Crippen LogP contribution < -0.4 is 10.6 Å². The van der Waals surface area contributed by atoms with Crippen molar-refractivity contribution in [1.82, 2.24) is 10.6 Å². The number of halogens is 1. The highest BCUT2D eigenvalue weighted by Crippen LogP contribution is 2.15. The van der Waals surface area contributed by atoms with Gasteiger partial charge in [-0.05, 0) is 32.4 Å². The summed E-state index contributed by atoms with van der Waals surface area (Å²) in [6.07, 6.45) is 0.985. The molecule has 0 fully saturated rings. The van der Waals surface area contributed by atoms with Crippen LogP contribution >= 0.6 is 35.3 Å². The van der Waals surface area contributed by atoms with E-state index < -0.39 is 0 Å². The average Bonchev–Trinajstić information content (AvgIpc) is 2.77. The maximum absolute atomic E-state index is 5.02. The molecular weight excluding hydrogens is 373 g/mol. The molecule has 110 valence electrons. The number of guanidine groups is 1. The summed E-state index contributed by atoms with van der Waals surface area (Å²) in [7, 11) is 1.72. The number of nitrogens with zero attached hydrogens (tertiary/aromatic N) is 1. The molecule has 0 saturated heterocycles. The number of hydrogen-bond acceptors (Lipinski definition) is 3. The fourth-order valence-electron chi connectivity index (χ4n) is 1.49. The lowest BCUT2D eigenvalue weighted by atomic mass is 10.4. The molecule has 0 radical (unpaired) electrons. The number of thiophene rings is 1. The highest BCUT2D eigenvalue weighted by atomic mass is 127. The zero-order chi connectivity index (χ0) is 13.2. The molecule has 0 aromatic carbocycles. The van der Waals surface area contributed by atoms with Gasteiger partial charge in [-0.15, -0.1) is 35.3 Å². The van der Waals surface area contributed by atoms with Crippen molar-refractivity contribution in [1.29, 1.82) is 0 Å². The van der Waals surface area contributed by atoms with Crippen LogP contribution in [0.4, 0.5) is 0 Å². The number of ether oxygens (including phenoxy) is 1. The first-order chi connectivity index (χ1) is 8.76. The van der Waals surface area contributed by atoms with E-state index in [0.29, 0.717) is 0 Å². The normalized spacial score (nSPS) is 11.0. The molecule has 6 heteroatoms. The van der Waals surface area contributed by atoms with Crippen LogP contribution in [0.1, 0.15) is 23.1 Å². The zero-order valence-corrected chi connectivity index (χ0v) is 15.0. The number of rotatable bonds is 7. The maximum Gasteiger partial charge on any atom is 0.191 e. The standard InChI is InChI=1S/C13H23N3OS.HI/c1-4-14-13(15-8-5-9-17-3)16-10-12-7-6-11(2)18-12;/h6-7H,4-5,8-10H2,1-3H3,(H2,14,15,16);1H. The van der Waals surface area contributed by atoms with Gasteiger partial charge in [0, 0.05) is 36.6 Å². The van der Waals surface area contributed by atoms with Crippen LogP contribution in [0.5, 0.6) is 0 Å². The summed E-state index contributed by atoms with van der Waals surface area (Å²) in [6, 6.07) is 4.27. The smallest absolute Gasteiger partial charge is 0.191 e. The Balaban J connectivity index is 0.00000324. The Morgan fingerprint density at radius 1 is 1.37 bits per heavy atom. The second-order valence-corrected chi connectivity index (χ2v) is 5.35. The Morgan fingerprint density at radius 2 is 2.16 bits per heavy atom. The van der Waals surface area contributed by atoms with Gasteiger partial charge in [0.2, 0.25) is 0 Å². The molecule has 19 heavy (non-hydrogen) atoms. The molecule has 0 bridgehead atoms. The fraction of sp³-hybridized carbons (Fsp3) is 0.615. The predicted octanol–water partition coefficient (Wildman–Crippen LogP) is 2.77. The van der Waals surface area contributed by atoms with Crippen molar-refractivity contribution < 1.29 is 4.74 Å². The lowest BCUT2D eigenvalue weighted by molar-refractivity contribution is 0.195. The first-order valence-electron chi connectivity index (χ1n) is 6.32. The summed E-state index contributed by atoms with van der Waals surface area (Å²) >= 11 is 1.80. The topological polar surface area (TPSA) is 45.7 Å². The summed E-state index contributed by atoms with van der Waals surface area (Å²) in [5.74, 6) is 0.875. The molecule has 0 atom stereocenters. The molecule has 1 aromatic rings. The van der Waals surface area contributed by atoms with Gasteiger partial charge < -0.3 is 15.4 Å². The Morgan fingerprint density at radius 3 is 2.74 bits per heavy atom. The van der Waals surface area contributed by atoms with E-state index in [2.05, 4.69) is 41.6 Å². The lowest BCUT2D eigenvalue weighted by Gasteiger charge is -2.10. The van der Waals surface area contributed by atoms with E-state index in [-0.39, 0.29) is 24.0 Å².